The van der Waals surface area contributed by atoms with Crippen LogP contribution in [-0.2, 0) is 4.79 Å². The van der Waals surface area contributed by atoms with Crippen molar-refractivity contribution in [2.75, 3.05) is 31.6 Å². The third-order valence-electron chi connectivity index (χ3n) is 6.20. The second-order valence-corrected chi connectivity index (χ2v) is 8.85. The molecule has 34 heavy (non-hydrogen) atoms. The second kappa shape index (κ2) is 11.6. The fourth-order valence-electron chi connectivity index (χ4n) is 4.30. The number of amides is 1. The summed E-state index contributed by atoms with van der Waals surface area (Å²) in [6, 6.07) is 10.9. The molecule has 0 bridgehead atoms. The van der Waals surface area contributed by atoms with Crippen LogP contribution in [0.25, 0.3) is 0 Å². The Labute approximate surface area is 202 Å². The van der Waals surface area contributed by atoms with Crippen molar-refractivity contribution in [2.24, 2.45) is 5.92 Å². The van der Waals surface area contributed by atoms with E-state index in [2.05, 4.69) is 10.2 Å². The minimum atomic E-state index is -4.70. The van der Waals surface area contributed by atoms with E-state index >= 15 is 0 Å². The van der Waals surface area contributed by atoms with Gasteiger partial charge in [0.15, 0.2) is 12.2 Å². The summed E-state index contributed by atoms with van der Waals surface area (Å²) < 4.78 is 45.8. The van der Waals surface area contributed by atoms with Crippen molar-refractivity contribution in [2.45, 2.75) is 37.8 Å². The molecule has 1 fully saturated rings. The van der Waals surface area contributed by atoms with E-state index in [-0.39, 0.29) is 17.9 Å². The SMILES string of the molecule is COc1cccc(C(C(=O)NCCCC2CCN(c3ccc(C=O)c(Cl)c3)CC2)C(F)(F)F)c1. The molecule has 1 aliphatic rings. The number of aldehydes is 1. The number of carbonyl (C=O) groups is 2. The smallest absolute Gasteiger partial charge is 0.404 e. The van der Waals surface area contributed by atoms with Gasteiger partial charge in [-0.15, -0.1) is 0 Å². The van der Waals surface area contributed by atoms with Crippen LogP contribution < -0.4 is 15.0 Å². The Morgan fingerprint density at radius 3 is 2.59 bits per heavy atom. The summed E-state index contributed by atoms with van der Waals surface area (Å²) in [7, 11) is 1.37. The zero-order chi connectivity index (χ0) is 24.7. The molecule has 3 rings (SSSR count). The van der Waals surface area contributed by atoms with Gasteiger partial charge in [-0.25, -0.2) is 0 Å². The lowest BCUT2D eigenvalue weighted by molar-refractivity contribution is -0.165. The third kappa shape index (κ3) is 6.65. The Kier molecular flexibility index (Phi) is 8.83. The number of alkyl halides is 3. The number of methoxy groups -OCH3 is 1. The van der Waals surface area contributed by atoms with Gasteiger partial charge < -0.3 is 15.0 Å². The Bertz CT molecular complexity index is 992. The molecule has 0 aliphatic carbocycles. The first kappa shape index (κ1) is 25.9. The van der Waals surface area contributed by atoms with Gasteiger partial charge >= 0.3 is 6.18 Å². The molecule has 0 spiro atoms. The zero-order valence-electron chi connectivity index (χ0n) is 18.9. The molecule has 1 atom stereocenters. The van der Waals surface area contributed by atoms with E-state index in [9.17, 15) is 22.8 Å². The number of hydrogen-bond donors (Lipinski definition) is 1. The van der Waals surface area contributed by atoms with E-state index in [4.69, 9.17) is 16.3 Å². The van der Waals surface area contributed by atoms with E-state index in [0.29, 0.717) is 22.9 Å². The van der Waals surface area contributed by atoms with Gasteiger partial charge in [0.25, 0.3) is 0 Å². The van der Waals surface area contributed by atoms with Gasteiger partial charge in [0, 0.05) is 30.9 Å². The van der Waals surface area contributed by atoms with Crippen LogP contribution >= 0.6 is 11.6 Å². The van der Waals surface area contributed by atoms with Crippen molar-refractivity contribution in [1.29, 1.82) is 0 Å². The predicted molar refractivity (Wildman–Crippen MR) is 126 cm³/mol. The first-order valence-corrected chi connectivity index (χ1v) is 11.6. The molecule has 5 nitrogen and oxygen atoms in total. The van der Waals surface area contributed by atoms with Crippen molar-refractivity contribution in [3.05, 3.63) is 58.6 Å². The highest BCUT2D eigenvalue weighted by Gasteiger charge is 2.46. The number of anilines is 1. The normalized spacial score (nSPS) is 15.6. The minimum Gasteiger partial charge on any atom is -0.497 e. The molecular weight excluding hydrogens is 469 g/mol. The second-order valence-electron chi connectivity index (χ2n) is 8.44. The van der Waals surface area contributed by atoms with Crippen LogP contribution in [0.5, 0.6) is 5.75 Å². The van der Waals surface area contributed by atoms with Crippen LogP contribution in [0.4, 0.5) is 18.9 Å². The predicted octanol–water partition coefficient (Wildman–Crippen LogP) is 5.62. The Hall–Kier alpha value is -2.74. The van der Waals surface area contributed by atoms with E-state index < -0.39 is 18.0 Å². The van der Waals surface area contributed by atoms with Crippen molar-refractivity contribution in [1.82, 2.24) is 5.32 Å². The topological polar surface area (TPSA) is 58.6 Å². The average Bonchev–Trinajstić information content (AvgIpc) is 2.81. The molecule has 0 saturated carbocycles. The number of hydrogen-bond acceptors (Lipinski definition) is 4. The number of nitrogens with one attached hydrogen (secondary N) is 1. The van der Waals surface area contributed by atoms with E-state index in [0.717, 1.165) is 44.3 Å². The van der Waals surface area contributed by atoms with Crippen LogP contribution in [0.2, 0.25) is 5.02 Å². The van der Waals surface area contributed by atoms with Gasteiger partial charge in [0.2, 0.25) is 5.91 Å². The van der Waals surface area contributed by atoms with E-state index in [1.807, 2.05) is 6.07 Å². The highest BCUT2D eigenvalue weighted by molar-refractivity contribution is 6.33. The lowest BCUT2D eigenvalue weighted by Crippen LogP contribution is -2.38. The Balaban J connectivity index is 1.46. The first-order chi connectivity index (χ1) is 16.2. The summed E-state index contributed by atoms with van der Waals surface area (Å²) in [6.07, 6.45) is -0.652. The van der Waals surface area contributed by atoms with Crippen LogP contribution in [0.3, 0.4) is 0 Å². The van der Waals surface area contributed by atoms with Gasteiger partial charge in [-0.05, 0) is 67.5 Å². The van der Waals surface area contributed by atoms with Crippen LogP contribution in [0.15, 0.2) is 42.5 Å². The van der Waals surface area contributed by atoms with E-state index in [1.165, 1.54) is 31.4 Å². The largest absolute Gasteiger partial charge is 0.497 e. The van der Waals surface area contributed by atoms with Crippen LogP contribution in [0, 0.1) is 5.92 Å². The molecule has 0 aromatic heterocycles. The lowest BCUT2D eigenvalue weighted by Gasteiger charge is -2.34. The highest BCUT2D eigenvalue weighted by atomic mass is 35.5. The molecule has 1 amide bonds. The fraction of sp³-hybridized carbons (Fsp3) is 0.440. The quantitative estimate of drug-likeness (QED) is 0.361. The van der Waals surface area contributed by atoms with Gasteiger partial charge in [0.1, 0.15) is 5.75 Å². The Morgan fingerprint density at radius 2 is 1.97 bits per heavy atom. The summed E-state index contributed by atoms with van der Waals surface area (Å²) in [5, 5.41) is 2.89. The summed E-state index contributed by atoms with van der Waals surface area (Å²) in [6.45, 7) is 1.86. The molecule has 184 valence electrons. The summed E-state index contributed by atoms with van der Waals surface area (Å²) in [5.74, 6) is -2.57. The number of carbonyl (C=O) groups excluding carboxylic acids is 2. The average molecular weight is 497 g/mol. The number of piperidine rings is 1. The first-order valence-electron chi connectivity index (χ1n) is 11.2. The number of nitrogens with zero attached hydrogens (tertiary/aromatic N) is 1. The molecule has 1 aliphatic heterocycles. The standard InChI is InChI=1S/C25H28ClF3N2O3/c1-34-21-6-2-5-18(14-21)23(25(27,28)29)24(33)30-11-3-4-17-9-12-31(13-10-17)20-8-7-19(16-32)22(26)15-20/h2,5-8,14-17,23H,3-4,9-13H2,1H3,(H,30,33). The lowest BCUT2D eigenvalue weighted by atomic mass is 9.91. The maximum atomic E-state index is 13.6. The third-order valence-corrected chi connectivity index (χ3v) is 6.52. The Morgan fingerprint density at radius 1 is 1.24 bits per heavy atom. The maximum absolute atomic E-state index is 13.6. The molecule has 1 unspecified atom stereocenters. The summed E-state index contributed by atoms with van der Waals surface area (Å²) in [4.78, 5) is 25.5. The zero-order valence-corrected chi connectivity index (χ0v) is 19.7. The molecular formula is C25H28ClF3N2O3. The van der Waals surface area contributed by atoms with Crippen LogP contribution in [0.1, 0.15) is 47.5 Å². The summed E-state index contributed by atoms with van der Waals surface area (Å²) in [5.41, 5.74) is 1.29. The van der Waals surface area contributed by atoms with Crippen molar-refractivity contribution in [3.8, 4) is 5.75 Å². The van der Waals surface area contributed by atoms with Crippen LogP contribution in [-0.4, -0.2) is 45.1 Å². The number of ether oxygens (including phenoxy) is 1. The van der Waals surface area contributed by atoms with Crippen molar-refractivity contribution >= 4 is 29.5 Å². The van der Waals surface area contributed by atoms with Gasteiger partial charge in [-0.2, -0.15) is 13.2 Å². The number of rotatable bonds is 9. The monoisotopic (exact) mass is 496 g/mol. The minimum absolute atomic E-state index is 0.141. The highest BCUT2D eigenvalue weighted by Crippen LogP contribution is 2.36. The molecule has 0 radical (unpaired) electrons. The van der Waals surface area contributed by atoms with Crippen molar-refractivity contribution < 1.29 is 27.5 Å². The molecule has 1 N–H and O–H groups in total. The van der Waals surface area contributed by atoms with Crippen molar-refractivity contribution in [3.63, 3.8) is 0 Å². The number of benzene rings is 2. The molecule has 2 aromatic rings. The molecule has 2 aromatic carbocycles. The van der Waals surface area contributed by atoms with E-state index in [1.54, 1.807) is 12.1 Å². The molecule has 9 heteroatoms. The van der Waals surface area contributed by atoms with Gasteiger partial charge in [-0.3, -0.25) is 9.59 Å². The van der Waals surface area contributed by atoms with Gasteiger partial charge in [-0.1, -0.05) is 23.7 Å². The van der Waals surface area contributed by atoms with Gasteiger partial charge in [0.05, 0.1) is 12.1 Å². The molecule has 1 saturated heterocycles. The maximum Gasteiger partial charge on any atom is 0.404 e. The summed E-state index contributed by atoms with van der Waals surface area (Å²) >= 11 is 6.12. The fourth-order valence-corrected chi connectivity index (χ4v) is 4.52. The molecule has 1 heterocycles. The number of halogens is 4.